The molecule has 3 rings (SSSR count). The van der Waals surface area contributed by atoms with Gasteiger partial charge < -0.3 is 15.4 Å². The molecule has 1 aromatic heterocycles. The maximum Gasteiger partial charge on any atom is 0.255 e. The van der Waals surface area contributed by atoms with Gasteiger partial charge in [-0.3, -0.25) is 4.79 Å². The molecule has 0 bridgehead atoms. The minimum atomic E-state index is -0.204. The lowest BCUT2D eigenvalue weighted by Gasteiger charge is -2.09. The molecule has 126 valence electrons. The summed E-state index contributed by atoms with van der Waals surface area (Å²) in [5.41, 5.74) is 2.10. The number of amides is 1. The number of carbonyl (C=O) groups is 1. The molecule has 0 fully saturated rings. The van der Waals surface area contributed by atoms with E-state index < -0.39 is 0 Å². The van der Waals surface area contributed by atoms with Crippen molar-refractivity contribution in [3.63, 3.8) is 0 Å². The fourth-order valence-corrected chi connectivity index (χ4v) is 2.63. The van der Waals surface area contributed by atoms with Crippen LogP contribution in [-0.2, 0) is 0 Å². The minimum absolute atomic E-state index is 0.204. The quantitative estimate of drug-likeness (QED) is 0.645. The van der Waals surface area contributed by atoms with Crippen molar-refractivity contribution in [2.75, 3.05) is 17.7 Å². The average molecular weight is 398 g/mol. The number of carbonyl (C=O) groups excluding carboxylic acids is 1. The summed E-state index contributed by atoms with van der Waals surface area (Å²) in [6.45, 7) is 0. The van der Waals surface area contributed by atoms with Crippen molar-refractivity contribution in [1.82, 2.24) is 4.98 Å². The molecule has 0 aliphatic heterocycles. The number of ether oxygens (including phenoxy) is 1. The molecule has 0 saturated heterocycles. The van der Waals surface area contributed by atoms with Crippen LogP contribution in [0.5, 0.6) is 5.75 Å². The fourth-order valence-electron chi connectivity index (χ4n) is 2.23. The first-order valence-corrected chi connectivity index (χ1v) is 8.37. The predicted molar refractivity (Wildman–Crippen MR) is 103 cm³/mol. The van der Waals surface area contributed by atoms with Crippen LogP contribution in [0.15, 0.2) is 71.3 Å². The Bertz CT molecular complexity index is 882. The molecular formula is C19H16BrN3O2. The van der Waals surface area contributed by atoms with E-state index in [0.717, 1.165) is 15.9 Å². The van der Waals surface area contributed by atoms with Gasteiger partial charge in [-0.2, -0.15) is 0 Å². The normalized spacial score (nSPS) is 10.2. The summed E-state index contributed by atoms with van der Waals surface area (Å²) in [4.78, 5) is 16.7. The van der Waals surface area contributed by atoms with Crippen LogP contribution in [0.1, 0.15) is 10.4 Å². The Balaban J connectivity index is 1.72. The van der Waals surface area contributed by atoms with E-state index in [9.17, 15) is 4.79 Å². The van der Waals surface area contributed by atoms with E-state index in [-0.39, 0.29) is 5.91 Å². The Morgan fingerprint density at radius 2 is 1.84 bits per heavy atom. The summed E-state index contributed by atoms with van der Waals surface area (Å²) in [6.07, 6.45) is 1.60. The van der Waals surface area contributed by atoms with Gasteiger partial charge in [-0.25, -0.2) is 4.98 Å². The Hall–Kier alpha value is -2.86. The van der Waals surface area contributed by atoms with E-state index in [2.05, 4.69) is 31.5 Å². The highest BCUT2D eigenvalue weighted by molar-refractivity contribution is 9.10. The van der Waals surface area contributed by atoms with E-state index in [4.69, 9.17) is 4.74 Å². The monoisotopic (exact) mass is 397 g/mol. The molecule has 0 unspecified atom stereocenters. The maximum absolute atomic E-state index is 12.4. The summed E-state index contributed by atoms with van der Waals surface area (Å²) in [5, 5.41) is 6.03. The SMILES string of the molecule is COc1ccc(NC(=O)c2ccnc(Nc3cccc(Br)c3)c2)cc1. The number of anilines is 3. The largest absolute Gasteiger partial charge is 0.497 e. The first-order valence-electron chi connectivity index (χ1n) is 7.58. The molecule has 2 aromatic carbocycles. The van der Waals surface area contributed by atoms with Crippen molar-refractivity contribution in [2.45, 2.75) is 0 Å². The van der Waals surface area contributed by atoms with Crippen molar-refractivity contribution in [1.29, 1.82) is 0 Å². The molecule has 6 heteroatoms. The van der Waals surface area contributed by atoms with E-state index in [1.54, 1.807) is 49.7 Å². The first-order chi connectivity index (χ1) is 12.1. The number of nitrogens with zero attached hydrogens (tertiary/aromatic N) is 1. The molecule has 5 nitrogen and oxygen atoms in total. The third kappa shape index (κ3) is 4.58. The Kier molecular flexibility index (Phi) is 5.30. The zero-order chi connectivity index (χ0) is 17.6. The van der Waals surface area contributed by atoms with Crippen LogP contribution in [-0.4, -0.2) is 18.0 Å². The first kappa shape index (κ1) is 17.0. The number of rotatable bonds is 5. The van der Waals surface area contributed by atoms with Gasteiger partial charge in [0.25, 0.3) is 5.91 Å². The number of pyridine rings is 1. The lowest BCUT2D eigenvalue weighted by atomic mass is 10.2. The van der Waals surface area contributed by atoms with Crippen LogP contribution in [0.4, 0.5) is 17.2 Å². The van der Waals surface area contributed by atoms with Crippen molar-refractivity contribution < 1.29 is 9.53 Å². The maximum atomic E-state index is 12.4. The van der Waals surface area contributed by atoms with Crippen molar-refractivity contribution >= 4 is 39.0 Å². The molecule has 1 amide bonds. The molecule has 3 aromatic rings. The van der Waals surface area contributed by atoms with E-state index in [0.29, 0.717) is 17.1 Å². The van der Waals surface area contributed by atoms with E-state index in [1.165, 1.54) is 0 Å². The van der Waals surface area contributed by atoms with Gasteiger partial charge >= 0.3 is 0 Å². The Morgan fingerprint density at radius 3 is 2.56 bits per heavy atom. The van der Waals surface area contributed by atoms with Crippen LogP contribution in [0.3, 0.4) is 0 Å². The van der Waals surface area contributed by atoms with Gasteiger partial charge in [0.15, 0.2) is 0 Å². The molecule has 0 aliphatic rings. The molecule has 1 heterocycles. The van der Waals surface area contributed by atoms with Crippen LogP contribution >= 0.6 is 15.9 Å². The van der Waals surface area contributed by atoms with Gasteiger partial charge in [0.1, 0.15) is 11.6 Å². The topological polar surface area (TPSA) is 63.2 Å². The van der Waals surface area contributed by atoms with Gasteiger partial charge in [-0.05, 0) is 54.6 Å². The van der Waals surface area contributed by atoms with Crippen molar-refractivity contribution in [3.05, 3.63) is 76.9 Å². The minimum Gasteiger partial charge on any atom is -0.497 e. The highest BCUT2D eigenvalue weighted by Gasteiger charge is 2.08. The standard InChI is InChI=1S/C19H16BrN3O2/c1-25-17-7-5-15(6-8-17)23-19(24)13-9-10-21-18(11-13)22-16-4-2-3-14(20)12-16/h2-12H,1H3,(H,21,22)(H,23,24). The lowest BCUT2D eigenvalue weighted by Crippen LogP contribution is -2.12. The molecule has 25 heavy (non-hydrogen) atoms. The number of hydrogen-bond donors (Lipinski definition) is 2. The van der Waals surface area contributed by atoms with Gasteiger partial charge in [0.2, 0.25) is 0 Å². The number of methoxy groups -OCH3 is 1. The summed E-state index contributed by atoms with van der Waals surface area (Å²) in [7, 11) is 1.60. The van der Waals surface area contributed by atoms with Crippen LogP contribution in [0.25, 0.3) is 0 Å². The van der Waals surface area contributed by atoms with Crippen LogP contribution in [0, 0.1) is 0 Å². The molecule has 2 N–H and O–H groups in total. The Morgan fingerprint density at radius 1 is 1.04 bits per heavy atom. The lowest BCUT2D eigenvalue weighted by molar-refractivity contribution is 0.102. The van der Waals surface area contributed by atoms with Gasteiger partial charge in [-0.15, -0.1) is 0 Å². The zero-order valence-corrected chi connectivity index (χ0v) is 15.1. The highest BCUT2D eigenvalue weighted by Crippen LogP contribution is 2.20. The third-order valence-electron chi connectivity index (χ3n) is 3.47. The number of nitrogens with one attached hydrogen (secondary N) is 2. The number of halogens is 1. The smallest absolute Gasteiger partial charge is 0.255 e. The van der Waals surface area contributed by atoms with E-state index >= 15 is 0 Å². The number of benzene rings is 2. The molecule has 0 spiro atoms. The van der Waals surface area contributed by atoms with Crippen molar-refractivity contribution in [2.24, 2.45) is 0 Å². The summed E-state index contributed by atoms with van der Waals surface area (Å²) >= 11 is 3.43. The predicted octanol–water partition coefficient (Wildman–Crippen LogP) is 4.85. The molecule has 0 saturated carbocycles. The second-order valence-corrected chi connectivity index (χ2v) is 6.16. The molecule has 0 aliphatic carbocycles. The van der Waals surface area contributed by atoms with E-state index in [1.807, 2.05) is 24.3 Å². The molecule has 0 radical (unpaired) electrons. The van der Waals surface area contributed by atoms with Crippen LogP contribution in [0.2, 0.25) is 0 Å². The van der Waals surface area contributed by atoms with Gasteiger partial charge in [-0.1, -0.05) is 22.0 Å². The van der Waals surface area contributed by atoms with Crippen molar-refractivity contribution in [3.8, 4) is 5.75 Å². The summed E-state index contributed by atoms with van der Waals surface area (Å²) in [5.74, 6) is 1.13. The van der Waals surface area contributed by atoms with Gasteiger partial charge in [0.05, 0.1) is 7.11 Å². The summed E-state index contributed by atoms with van der Waals surface area (Å²) in [6, 6.07) is 18.3. The highest BCUT2D eigenvalue weighted by atomic mass is 79.9. The number of aromatic nitrogens is 1. The number of hydrogen-bond acceptors (Lipinski definition) is 4. The molecule has 0 atom stereocenters. The third-order valence-corrected chi connectivity index (χ3v) is 3.96. The zero-order valence-electron chi connectivity index (χ0n) is 13.5. The average Bonchev–Trinajstić information content (AvgIpc) is 2.62. The van der Waals surface area contributed by atoms with Crippen LogP contribution < -0.4 is 15.4 Å². The summed E-state index contributed by atoms with van der Waals surface area (Å²) < 4.78 is 6.07. The fraction of sp³-hybridized carbons (Fsp3) is 0.0526. The molecular weight excluding hydrogens is 382 g/mol. The second kappa shape index (κ2) is 7.81. The Labute approximate surface area is 154 Å². The van der Waals surface area contributed by atoms with Gasteiger partial charge in [0, 0.05) is 27.6 Å². The second-order valence-electron chi connectivity index (χ2n) is 5.25.